The van der Waals surface area contributed by atoms with Gasteiger partial charge < -0.3 is 4.57 Å². The number of sulfonamides is 1. The summed E-state index contributed by atoms with van der Waals surface area (Å²) in [4.78, 5) is 12.3. The van der Waals surface area contributed by atoms with Gasteiger partial charge in [-0.05, 0) is 37.8 Å². The molecule has 1 atom stereocenters. The molecule has 0 aliphatic rings. The summed E-state index contributed by atoms with van der Waals surface area (Å²) in [7, 11) is -3.95. The predicted octanol–water partition coefficient (Wildman–Crippen LogP) is 4.02. The van der Waals surface area contributed by atoms with Gasteiger partial charge in [-0.1, -0.05) is 18.7 Å². The molecule has 0 saturated carbocycles. The van der Waals surface area contributed by atoms with E-state index in [4.69, 9.17) is 0 Å². The Hall–Kier alpha value is -2.18. The molecular weight excluding hydrogens is 439 g/mol. The van der Waals surface area contributed by atoms with Crippen LogP contribution in [0.4, 0.5) is 13.2 Å². The molecule has 0 amide bonds. The summed E-state index contributed by atoms with van der Waals surface area (Å²) in [6.07, 6.45) is -2.04. The molecular formula is C18H20F3N5O2S2. The van der Waals surface area contributed by atoms with Crippen LogP contribution in [0.2, 0.25) is 0 Å². The van der Waals surface area contributed by atoms with Gasteiger partial charge in [0, 0.05) is 6.54 Å². The van der Waals surface area contributed by atoms with E-state index in [1.54, 1.807) is 18.4 Å². The van der Waals surface area contributed by atoms with Crippen LogP contribution in [-0.2, 0) is 22.7 Å². The average molecular weight is 460 g/mol. The highest BCUT2D eigenvalue weighted by Crippen LogP contribution is 2.32. The Morgan fingerprint density at radius 3 is 2.43 bits per heavy atom. The molecule has 7 nitrogen and oxygen atoms in total. The number of halogens is 3. The number of thioether (sulfide) groups is 1. The Bertz CT molecular complexity index is 1150. The zero-order valence-electron chi connectivity index (χ0n) is 16.4. The van der Waals surface area contributed by atoms with Gasteiger partial charge in [0.15, 0.2) is 5.16 Å². The zero-order valence-corrected chi connectivity index (χ0v) is 18.1. The summed E-state index contributed by atoms with van der Waals surface area (Å²) < 4.78 is 68.7. The van der Waals surface area contributed by atoms with Crippen molar-refractivity contribution in [3.05, 3.63) is 42.0 Å². The first-order chi connectivity index (χ1) is 14.1. The van der Waals surface area contributed by atoms with Gasteiger partial charge in [0.25, 0.3) is 0 Å². The molecule has 162 valence electrons. The summed E-state index contributed by atoms with van der Waals surface area (Å²) in [5.41, 5.74) is -0.139. The molecule has 2 aromatic heterocycles. The van der Waals surface area contributed by atoms with Crippen molar-refractivity contribution in [3.8, 4) is 0 Å². The van der Waals surface area contributed by atoms with Crippen LogP contribution < -0.4 is 4.72 Å². The van der Waals surface area contributed by atoms with E-state index in [0.717, 1.165) is 17.9 Å². The van der Waals surface area contributed by atoms with Gasteiger partial charge in [-0.2, -0.15) is 13.2 Å². The number of hydrogen-bond donors (Lipinski definition) is 1. The molecule has 3 aromatic rings. The number of alkyl halides is 3. The van der Waals surface area contributed by atoms with Crippen molar-refractivity contribution < 1.29 is 21.6 Å². The number of rotatable bonds is 7. The summed E-state index contributed by atoms with van der Waals surface area (Å²) in [6, 6.07) is 2.48. The van der Waals surface area contributed by atoms with E-state index in [0.29, 0.717) is 23.0 Å². The largest absolute Gasteiger partial charge is 0.416 e. The van der Waals surface area contributed by atoms with E-state index >= 15 is 0 Å². The number of aromatic nitrogens is 4. The lowest BCUT2D eigenvalue weighted by atomic mass is 10.2. The van der Waals surface area contributed by atoms with Crippen LogP contribution in [0.3, 0.4) is 0 Å². The summed E-state index contributed by atoms with van der Waals surface area (Å²) in [5, 5.41) is 0.470. The van der Waals surface area contributed by atoms with Gasteiger partial charge in [0.2, 0.25) is 10.0 Å². The fraction of sp³-hybridized carbons (Fsp3) is 0.389. The summed E-state index contributed by atoms with van der Waals surface area (Å²) >= 11 is 1.38. The van der Waals surface area contributed by atoms with Crippen molar-refractivity contribution in [2.75, 3.05) is 5.75 Å². The van der Waals surface area contributed by atoms with Crippen molar-refractivity contribution in [1.82, 2.24) is 24.2 Å². The predicted molar refractivity (Wildman–Crippen MR) is 108 cm³/mol. The number of fused-ring (bicyclic) bond motifs is 1. The smallest absolute Gasteiger partial charge is 0.327 e. The van der Waals surface area contributed by atoms with Gasteiger partial charge in [-0.3, -0.25) is 0 Å². The first kappa shape index (κ1) is 22.5. The molecule has 1 N–H and O–H groups in total. The quantitative estimate of drug-likeness (QED) is 0.424. The zero-order chi connectivity index (χ0) is 22.1. The van der Waals surface area contributed by atoms with Crippen LogP contribution in [0.5, 0.6) is 0 Å². The van der Waals surface area contributed by atoms with Crippen molar-refractivity contribution in [2.45, 2.75) is 49.6 Å². The number of benzene rings is 1. The third kappa shape index (κ3) is 4.60. The molecule has 12 heteroatoms. The third-order valence-electron chi connectivity index (χ3n) is 4.33. The lowest BCUT2D eigenvalue weighted by Gasteiger charge is -2.15. The number of aryl methyl sites for hydroxylation is 1. The Labute approximate surface area is 176 Å². The van der Waals surface area contributed by atoms with Crippen LogP contribution in [-0.4, -0.2) is 33.7 Å². The maximum absolute atomic E-state index is 13.1. The van der Waals surface area contributed by atoms with E-state index in [1.807, 2.05) is 6.92 Å². The number of hydrogen-bond acceptors (Lipinski definition) is 6. The fourth-order valence-corrected chi connectivity index (χ4v) is 4.58. The van der Waals surface area contributed by atoms with Crippen LogP contribution >= 0.6 is 11.8 Å². The van der Waals surface area contributed by atoms with E-state index in [1.165, 1.54) is 30.2 Å². The highest BCUT2D eigenvalue weighted by atomic mass is 32.2. The third-order valence-corrected chi connectivity index (χ3v) is 6.58. The van der Waals surface area contributed by atoms with Crippen LogP contribution in [0, 0.1) is 0 Å². The summed E-state index contributed by atoms with van der Waals surface area (Å²) in [5.74, 6) is 1.07. The number of nitrogens with one attached hydrogen (secondary N) is 1. The van der Waals surface area contributed by atoms with Gasteiger partial charge in [0.05, 0.1) is 35.0 Å². The minimum Gasteiger partial charge on any atom is -0.327 e. The maximum atomic E-state index is 13.1. The molecule has 2 heterocycles. The van der Waals surface area contributed by atoms with Crippen molar-refractivity contribution in [3.63, 3.8) is 0 Å². The van der Waals surface area contributed by atoms with Gasteiger partial charge in [-0.15, -0.1) is 0 Å². The molecule has 0 spiro atoms. The first-order valence-corrected chi connectivity index (χ1v) is 11.6. The molecule has 0 saturated heterocycles. The van der Waals surface area contributed by atoms with E-state index < -0.39 is 27.8 Å². The normalized spacial score (nSPS) is 13.7. The Morgan fingerprint density at radius 1 is 1.20 bits per heavy atom. The molecule has 1 aromatic carbocycles. The minimum absolute atomic E-state index is 0.103. The maximum Gasteiger partial charge on any atom is 0.416 e. The van der Waals surface area contributed by atoms with Crippen LogP contribution in [0.1, 0.15) is 38.2 Å². The van der Waals surface area contributed by atoms with Crippen molar-refractivity contribution >= 4 is 32.8 Å². The molecule has 0 fully saturated rings. The van der Waals surface area contributed by atoms with Gasteiger partial charge >= 0.3 is 6.18 Å². The molecule has 1 unspecified atom stereocenters. The van der Waals surface area contributed by atoms with E-state index in [9.17, 15) is 21.6 Å². The highest BCUT2D eigenvalue weighted by molar-refractivity contribution is 7.99. The number of nitrogens with zero attached hydrogens (tertiary/aromatic N) is 4. The second kappa shape index (κ2) is 8.52. The average Bonchev–Trinajstić information content (AvgIpc) is 3.05. The monoisotopic (exact) mass is 459 g/mol. The van der Waals surface area contributed by atoms with Crippen molar-refractivity contribution in [2.24, 2.45) is 0 Å². The standard InChI is InChI=1S/C18H20F3N5O2S2/c1-4-26-15-8-12(18(19,20)21)6-7-14(15)24-16(26)11(3)25-30(27,28)13-9-22-17(23-10-13)29-5-2/h6-11,25H,4-5H2,1-3H3. The topological polar surface area (TPSA) is 89.8 Å². The van der Waals surface area contributed by atoms with Crippen LogP contribution in [0.25, 0.3) is 11.0 Å². The molecule has 0 bridgehead atoms. The molecule has 30 heavy (non-hydrogen) atoms. The number of imidazole rings is 1. The van der Waals surface area contributed by atoms with Gasteiger partial charge in [0.1, 0.15) is 10.7 Å². The second-order valence-corrected chi connectivity index (χ2v) is 9.34. The Morgan fingerprint density at radius 2 is 1.87 bits per heavy atom. The lowest BCUT2D eigenvalue weighted by Crippen LogP contribution is -2.29. The SMILES string of the molecule is CCSc1ncc(S(=O)(=O)NC(C)c2nc3ccc(C(F)(F)F)cc3n2CC)cn1. The highest BCUT2D eigenvalue weighted by Gasteiger charge is 2.31. The first-order valence-electron chi connectivity index (χ1n) is 9.11. The minimum atomic E-state index is -4.48. The molecule has 0 radical (unpaired) electrons. The van der Waals surface area contributed by atoms with E-state index in [-0.39, 0.29) is 10.4 Å². The van der Waals surface area contributed by atoms with Gasteiger partial charge in [-0.25, -0.2) is 28.1 Å². The molecule has 0 aliphatic heterocycles. The molecule has 0 aliphatic carbocycles. The molecule has 3 rings (SSSR count). The lowest BCUT2D eigenvalue weighted by molar-refractivity contribution is -0.137. The Balaban J connectivity index is 1.93. The van der Waals surface area contributed by atoms with Crippen molar-refractivity contribution in [1.29, 1.82) is 0 Å². The second-order valence-electron chi connectivity index (χ2n) is 6.39. The van der Waals surface area contributed by atoms with Crippen LogP contribution in [0.15, 0.2) is 40.6 Å². The Kier molecular flexibility index (Phi) is 6.39. The van der Waals surface area contributed by atoms with E-state index in [2.05, 4.69) is 19.7 Å². The fourth-order valence-electron chi connectivity index (χ4n) is 2.98. The summed E-state index contributed by atoms with van der Waals surface area (Å²) in [6.45, 7) is 5.59.